The van der Waals surface area contributed by atoms with Crippen LogP contribution in [0.15, 0.2) is 46.0 Å². The Bertz CT molecular complexity index is 1180. The van der Waals surface area contributed by atoms with Crippen LogP contribution in [0.25, 0.3) is 33.1 Å². The molecule has 0 fully saturated rings. The molecule has 2 aromatic carbocycles. The first kappa shape index (κ1) is 16.6. The molecule has 2 aromatic heterocycles. The van der Waals surface area contributed by atoms with E-state index in [9.17, 15) is 23.2 Å². The number of aromatic amines is 2. The van der Waals surface area contributed by atoms with Gasteiger partial charge in [-0.3, -0.25) is 0 Å². The Morgan fingerprint density at radius 3 is 2.54 bits per heavy atom. The maximum Gasteiger partial charge on any atom is 0.418 e. The summed E-state index contributed by atoms with van der Waals surface area (Å²) >= 11 is 3.31. The Hall–Kier alpha value is -2.81. The van der Waals surface area contributed by atoms with Crippen LogP contribution in [0.1, 0.15) is 5.56 Å². The van der Waals surface area contributed by atoms with Crippen LogP contribution < -0.4 is 0 Å². The molecule has 0 aliphatic rings. The van der Waals surface area contributed by atoms with E-state index < -0.39 is 11.7 Å². The molecule has 0 saturated heterocycles. The Kier molecular flexibility index (Phi) is 3.58. The van der Waals surface area contributed by atoms with Gasteiger partial charge in [0.15, 0.2) is 5.88 Å². The first-order valence-electron chi connectivity index (χ1n) is 7.37. The number of rotatable bonds is 2. The Morgan fingerprint density at radius 1 is 1.08 bits per heavy atom. The minimum Gasteiger partial charge on any atom is -0.494 e. The topological polar surface area (TPSA) is 81.2 Å². The van der Waals surface area contributed by atoms with Crippen LogP contribution in [0.5, 0.6) is 5.88 Å². The molecule has 0 spiro atoms. The SMILES string of the molecule is O=Nc1c(-c2c(O)[nH]c3cc(Br)ccc23)[nH]c2c(C(F)(F)F)cccc12. The minimum atomic E-state index is -4.60. The summed E-state index contributed by atoms with van der Waals surface area (Å²) in [6.45, 7) is 0. The number of halogens is 4. The third-order valence-corrected chi connectivity index (χ3v) is 4.69. The second-order valence-electron chi connectivity index (χ2n) is 5.70. The number of aromatic nitrogens is 2. The molecule has 5 nitrogen and oxygen atoms in total. The maximum absolute atomic E-state index is 13.3. The Balaban J connectivity index is 2.10. The summed E-state index contributed by atoms with van der Waals surface area (Å²) in [4.78, 5) is 16.8. The average molecular weight is 424 g/mol. The number of aromatic hydroxyl groups is 1. The number of benzene rings is 2. The quantitative estimate of drug-likeness (QED) is 0.335. The lowest BCUT2D eigenvalue weighted by Gasteiger charge is -2.07. The summed E-state index contributed by atoms with van der Waals surface area (Å²) in [5.74, 6) is -0.275. The van der Waals surface area contributed by atoms with E-state index in [0.717, 1.165) is 10.5 Å². The monoisotopic (exact) mass is 423 g/mol. The molecule has 9 heteroatoms. The lowest BCUT2D eigenvalue weighted by atomic mass is 10.1. The summed E-state index contributed by atoms with van der Waals surface area (Å²) in [6.07, 6.45) is -4.60. The fourth-order valence-electron chi connectivity index (χ4n) is 3.12. The van der Waals surface area contributed by atoms with Crippen LogP contribution in [-0.4, -0.2) is 15.1 Å². The number of H-pyrrole nitrogens is 2. The number of fused-ring (bicyclic) bond motifs is 2. The lowest BCUT2D eigenvalue weighted by molar-refractivity contribution is -0.136. The van der Waals surface area contributed by atoms with E-state index in [4.69, 9.17) is 0 Å². The summed E-state index contributed by atoms with van der Waals surface area (Å²) < 4.78 is 40.6. The number of hydrogen-bond acceptors (Lipinski definition) is 3. The van der Waals surface area contributed by atoms with Gasteiger partial charge < -0.3 is 15.1 Å². The van der Waals surface area contributed by atoms with Gasteiger partial charge in [-0.05, 0) is 23.4 Å². The van der Waals surface area contributed by atoms with Gasteiger partial charge in [-0.1, -0.05) is 34.1 Å². The molecule has 3 N–H and O–H groups in total. The summed E-state index contributed by atoms with van der Waals surface area (Å²) in [5, 5.41) is 13.8. The van der Waals surface area contributed by atoms with Crippen molar-refractivity contribution in [1.29, 1.82) is 0 Å². The van der Waals surface area contributed by atoms with Crippen molar-refractivity contribution in [1.82, 2.24) is 9.97 Å². The van der Waals surface area contributed by atoms with E-state index in [1.54, 1.807) is 18.2 Å². The molecule has 0 aliphatic carbocycles. The first-order chi connectivity index (χ1) is 12.3. The molecule has 4 rings (SSSR count). The van der Waals surface area contributed by atoms with Gasteiger partial charge in [0, 0.05) is 15.2 Å². The van der Waals surface area contributed by atoms with Gasteiger partial charge in [-0.2, -0.15) is 13.2 Å². The zero-order valence-electron chi connectivity index (χ0n) is 12.8. The molecule has 2 heterocycles. The van der Waals surface area contributed by atoms with Crippen LogP contribution in [-0.2, 0) is 6.18 Å². The number of nitrogens with one attached hydrogen (secondary N) is 2. The molecular formula is C17H9BrF3N3O2. The molecule has 4 aromatic rings. The predicted molar refractivity (Wildman–Crippen MR) is 95.4 cm³/mol. The highest BCUT2D eigenvalue weighted by Gasteiger charge is 2.34. The summed E-state index contributed by atoms with van der Waals surface area (Å²) in [6, 6.07) is 8.61. The standard InChI is InChI=1S/C17H9BrF3N3O2/c18-7-4-5-8-11(6-7)22-16(25)12(8)15-14(24-26)9-2-1-3-10(13(9)23-15)17(19,20)21/h1-6,22-23,25H. The molecule has 132 valence electrons. The molecule has 0 radical (unpaired) electrons. The van der Waals surface area contributed by atoms with E-state index in [0.29, 0.717) is 10.9 Å². The van der Waals surface area contributed by atoms with Gasteiger partial charge in [0.1, 0.15) is 5.69 Å². The van der Waals surface area contributed by atoms with Gasteiger partial charge in [-0.25, -0.2) is 0 Å². The fourth-order valence-corrected chi connectivity index (χ4v) is 3.48. The van der Waals surface area contributed by atoms with E-state index in [1.165, 1.54) is 12.1 Å². The van der Waals surface area contributed by atoms with Crippen molar-refractivity contribution in [3.8, 4) is 17.1 Å². The molecule has 0 amide bonds. The zero-order valence-corrected chi connectivity index (χ0v) is 14.4. The van der Waals surface area contributed by atoms with Gasteiger partial charge in [-0.15, -0.1) is 4.91 Å². The van der Waals surface area contributed by atoms with Gasteiger partial charge in [0.25, 0.3) is 0 Å². The van der Waals surface area contributed by atoms with E-state index in [1.807, 2.05) is 0 Å². The Morgan fingerprint density at radius 2 is 1.85 bits per heavy atom. The van der Waals surface area contributed by atoms with Crippen molar-refractivity contribution in [2.75, 3.05) is 0 Å². The largest absolute Gasteiger partial charge is 0.494 e. The fraction of sp³-hybridized carbons (Fsp3) is 0.0588. The highest BCUT2D eigenvalue weighted by Crippen LogP contribution is 2.46. The molecule has 0 saturated carbocycles. The number of alkyl halides is 3. The van der Waals surface area contributed by atoms with Crippen molar-refractivity contribution in [2.24, 2.45) is 5.18 Å². The van der Waals surface area contributed by atoms with Crippen molar-refractivity contribution >= 4 is 43.4 Å². The van der Waals surface area contributed by atoms with Crippen molar-refractivity contribution < 1.29 is 18.3 Å². The third kappa shape index (κ3) is 2.38. The number of para-hydroxylation sites is 1. The minimum absolute atomic E-state index is 0.0257. The van der Waals surface area contributed by atoms with E-state index in [2.05, 4.69) is 31.1 Å². The average Bonchev–Trinajstić information content (AvgIpc) is 3.08. The van der Waals surface area contributed by atoms with E-state index >= 15 is 0 Å². The molecule has 0 aliphatic heterocycles. The zero-order chi connectivity index (χ0) is 18.6. The molecular weight excluding hydrogens is 415 g/mol. The lowest BCUT2D eigenvalue weighted by Crippen LogP contribution is -2.05. The molecule has 26 heavy (non-hydrogen) atoms. The number of nitrogens with zero attached hydrogens (tertiary/aromatic N) is 1. The van der Waals surface area contributed by atoms with Gasteiger partial charge in [0.2, 0.25) is 0 Å². The van der Waals surface area contributed by atoms with Crippen LogP contribution in [0.4, 0.5) is 18.9 Å². The number of hydrogen-bond donors (Lipinski definition) is 3. The number of nitroso groups, excluding NO2 is 1. The van der Waals surface area contributed by atoms with Crippen LogP contribution in [0.2, 0.25) is 0 Å². The predicted octanol–water partition coefficient (Wildman–Crippen LogP) is 6.20. The van der Waals surface area contributed by atoms with Crippen LogP contribution in [0, 0.1) is 4.91 Å². The van der Waals surface area contributed by atoms with Crippen LogP contribution in [0.3, 0.4) is 0 Å². The van der Waals surface area contributed by atoms with Crippen molar-refractivity contribution in [3.05, 3.63) is 51.3 Å². The highest BCUT2D eigenvalue weighted by molar-refractivity contribution is 9.10. The molecule has 0 atom stereocenters. The highest BCUT2D eigenvalue weighted by atomic mass is 79.9. The van der Waals surface area contributed by atoms with Crippen LogP contribution >= 0.6 is 15.9 Å². The van der Waals surface area contributed by atoms with Crippen molar-refractivity contribution in [3.63, 3.8) is 0 Å². The molecule has 0 unspecified atom stereocenters. The van der Waals surface area contributed by atoms with Crippen molar-refractivity contribution in [2.45, 2.75) is 6.18 Å². The summed E-state index contributed by atoms with van der Waals surface area (Å²) in [5.41, 5.74) is -0.587. The molecule has 0 bridgehead atoms. The Labute approximate surface area is 151 Å². The maximum atomic E-state index is 13.3. The second-order valence-corrected chi connectivity index (χ2v) is 6.62. The smallest absolute Gasteiger partial charge is 0.418 e. The summed E-state index contributed by atoms with van der Waals surface area (Å²) in [7, 11) is 0. The third-order valence-electron chi connectivity index (χ3n) is 4.19. The normalized spacial score (nSPS) is 12.2. The van der Waals surface area contributed by atoms with Gasteiger partial charge >= 0.3 is 6.18 Å². The van der Waals surface area contributed by atoms with E-state index in [-0.39, 0.29) is 33.7 Å². The van der Waals surface area contributed by atoms with Gasteiger partial charge in [0.05, 0.1) is 27.9 Å². The first-order valence-corrected chi connectivity index (χ1v) is 8.16. The second kappa shape index (κ2) is 5.60.